The van der Waals surface area contributed by atoms with Gasteiger partial charge in [-0.25, -0.2) is 14.6 Å². The van der Waals surface area contributed by atoms with E-state index in [1.54, 1.807) is 4.90 Å². The molecule has 2 fully saturated rings. The maximum absolute atomic E-state index is 12.2. The first-order valence-electron chi connectivity index (χ1n) is 7.98. The molecule has 1 aliphatic carbocycles. The number of likely N-dealkylation sites (tertiary alicyclic amines) is 1. The van der Waals surface area contributed by atoms with E-state index in [1.165, 1.54) is 11.5 Å². The van der Waals surface area contributed by atoms with Crippen molar-refractivity contribution in [3.63, 3.8) is 0 Å². The van der Waals surface area contributed by atoms with Crippen LogP contribution >= 0.6 is 11.5 Å². The lowest BCUT2D eigenvalue weighted by Gasteiger charge is -2.17. The quantitative estimate of drug-likeness (QED) is 0.778. The predicted octanol–water partition coefficient (Wildman–Crippen LogP) is 1.73. The Morgan fingerprint density at radius 1 is 1.22 bits per heavy atom. The van der Waals surface area contributed by atoms with Crippen LogP contribution in [-0.2, 0) is 0 Å². The molecular formula is C14H22N6O2S. The molecule has 0 radical (unpaired) electrons. The molecule has 3 rings (SSSR count). The topological polar surface area (TPSA) is 99.3 Å². The smallest absolute Gasteiger partial charge is 0.323 e. The number of rotatable bonds is 4. The lowest BCUT2D eigenvalue weighted by Crippen LogP contribution is -2.44. The van der Waals surface area contributed by atoms with Gasteiger partial charge < -0.3 is 15.5 Å². The van der Waals surface area contributed by atoms with E-state index in [-0.39, 0.29) is 24.0 Å². The van der Waals surface area contributed by atoms with Gasteiger partial charge in [0, 0.05) is 42.6 Å². The molecule has 4 amide bonds. The van der Waals surface area contributed by atoms with Gasteiger partial charge in [-0.05, 0) is 19.3 Å². The number of hydrogen-bond acceptors (Lipinski definition) is 5. The zero-order valence-corrected chi connectivity index (χ0v) is 14.2. The zero-order chi connectivity index (χ0) is 16.4. The number of carbonyl (C=O) groups is 2. The minimum absolute atomic E-state index is 0.000134. The van der Waals surface area contributed by atoms with Gasteiger partial charge in [0.2, 0.25) is 5.13 Å². The Kier molecular flexibility index (Phi) is 4.65. The average molecular weight is 338 g/mol. The summed E-state index contributed by atoms with van der Waals surface area (Å²) in [6, 6.07) is 0.0114. The third-order valence-electron chi connectivity index (χ3n) is 3.90. The van der Waals surface area contributed by atoms with E-state index in [1.807, 2.05) is 13.8 Å². The van der Waals surface area contributed by atoms with Gasteiger partial charge in [-0.15, -0.1) is 0 Å². The van der Waals surface area contributed by atoms with Crippen LogP contribution in [0, 0.1) is 0 Å². The maximum atomic E-state index is 12.2. The fraction of sp³-hybridized carbons (Fsp3) is 0.714. The van der Waals surface area contributed by atoms with Crippen molar-refractivity contribution >= 4 is 28.7 Å². The lowest BCUT2D eigenvalue weighted by molar-refractivity contribution is 0.219. The number of hydrogen-bond donors (Lipinski definition) is 3. The van der Waals surface area contributed by atoms with Crippen LogP contribution in [0.1, 0.15) is 44.9 Å². The van der Waals surface area contributed by atoms with Gasteiger partial charge in [-0.1, -0.05) is 13.8 Å². The number of carbonyl (C=O) groups excluding carboxylic acids is 2. The highest BCUT2D eigenvalue weighted by Crippen LogP contribution is 2.20. The molecule has 1 aliphatic heterocycles. The molecular weight excluding hydrogens is 316 g/mol. The summed E-state index contributed by atoms with van der Waals surface area (Å²) < 4.78 is 4.22. The minimum Gasteiger partial charge on any atom is -0.335 e. The standard InChI is InChI=1S/C14H22N6O2S/c1-8(2)11-17-13(23-19-11)18-14(22)20-6-5-10(7-20)16-12(21)15-9-3-4-9/h8-10H,3-7H2,1-2H3,(H2,15,16,21)(H,17,18,19,22). The summed E-state index contributed by atoms with van der Waals surface area (Å²) in [5.74, 6) is 0.977. The van der Waals surface area contributed by atoms with Gasteiger partial charge in [0.1, 0.15) is 5.82 Å². The van der Waals surface area contributed by atoms with Crippen molar-refractivity contribution in [2.45, 2.75) is 51.1 Å². The number of aromatic nitrogens is 2. The number of anilines is 1. The van der Waals surface area contributed by atoms with Crippen molar-refractivity contribution in [1.29, 1.82) is 0 Å². The largest absolute Gasteiger partial charge is 0.335 e. The fourth-order valence-electron chi connectivity index (χ4n) is 2.39. The third-order valence-corrected chi connectivity index (χ3v) is 4.54. The molecule has 0 aromatic carbocycles. The van der Waals surface area contributed by atoms with Crippen molar-refractivity contribution in [3.05, 3.63) is 5.82 Å². The highest BCUT2D eigenvalue weighted by atomic mass is 32.1. The second-order valence-electron chi connectivity index (χ2n) is 6.37. The molecule has 1 saturated carbocycles. The summed E-state index contributed by atoms with van der Waals surface area (Å²) in [7, 11) is 0. The van der Waals surface area contributed by atoms with Crippen LogP contribution in [0.15, 0.2) is 0 Å². The van der Waals surface area contributed by atoms with Crippen LogP contribution in [-0.4, -0.2) is 51.5 Å². The molecule has 0 bridgehead atoms. The lowest BCUT2D eigenvalue weighted by atomic mass is 10.2. The van der Waals surface area contributed by atoms with Gasteiger partial charge in [0.15, 0.2) is 0 Å². The number of amides is 4. The van der Waals surface area contributed by atoms with Crippen LogP contribution in [0.5, 0.6) is 0 Å². The molecule has 1 atom stereocenters. The molecule has 8 nitrogen and oxygen atoms in total. The number of nitrogens with zero attached hydrogens (tertiary/aromatic N) is 3. The Labute approximate surface area is 139 Å². The van der Waals surface area contributed by atoms with Gasteiger partial charge in [0.25, 0.3) is 0 Å². The number of nitrogens with one attached hydrogen (secondary N) is 3. The first-order valence-corrected chi connectivity index (χ1v) is 8.75. The van der Waals surface area contributed by atoms with Crippen molar-refractivity contribution in [1.82, 2.24) is 24.9 Å². The van der Waals surface area contributed by atoms with Gasteiger partial charge in [0.05, 0.1) is 0 Å². The Bertz CT molecular complexity index is 586. The summed E-state index contributed by atoms with van der Waals surface area (Å²) >= 11 is 1.19. The van der Waals surface area contributed by atoms with E-state index in [0.717, 1.165) is 25.1 Å². The predicted molar refractivity (Wildman–Crippen MR) is 87.7 cm³/mol. The molecule has 2 aliphatic rings. The SMILES string of the molecule is CC(C)c1nsc(NC(=O)N2CCC(NC(=O)NC3CC3)C2)n1. The van der Waals surface area contributed by atoms with E-state index in [9.17, 15) is 9.59 Å². The van der Waals surface area contributed by atoms with Crippen LogP contribution in [0.3, 0.4) is 0 Å². The summed E-state index contributed by atoms with van der Waals surface area (Å²) in [4.78, 5) is 30.0. The Morgan fingerprint density at radius 2 is 1.96 bits per heavy atom. The molecule has 3 N–H and O–H groups in total. The van der Waals surface area contributed by atoms with Crippen LogP contribution < -0.4 is 16.0 Å². The Balaban J connectivity index is 1.45. The van der Waals surface area contributed by atoms with E-state index >= 15 is 0 Å². The van der Waals surface area contributed by atoms with Gasteiger partial charge in [-0.2, -0.15) is 4.37 Å². The Hall–Kier alpha value is -1.90. The van der Waals surface area contributed by atoms with Crippen LogP contribution in [0.2, 0.25) is 0 Å². The van der Waals surface area contributed by atoms with Gasteiger partial charge >= 0.3 is 12.1 Å². The molecule has 1 aromatic heterocycles. The molecule has 23 heavy (non-hydrogen) atoms. The van der Waals surface area contributed by atoms with Crippen LogP contribution in [0.4, 0.5) is 14.7 Å². The van der Waals surface area contributed by atoms with Crippen molar-refractivity contribution in [2.24, 2.45) is 0 Å². The highest BCUT2D eigenvalue weighted by molar-refractivity contribution is 7.09. The first-order chi connectivity index (χ1) is 11.0. The van der Waals surface area contributed by atoms with E-state index in [4.69, 9.17) is 0 Å². The van der Waals surface area contributed by atoms with Crippen molar-refractivity contribution in [3.8, 4) is 0 Å². The van der Waals surface area contributed by atoms with Crippen molar-refractivity contribution < 1.29 is 9.59 Å². The molecule has 1 saturated heterocycles. The molecule has 126 valence electrons. The summed E-state index contributed by atoms with van der Waals surface area (Å²) in [5, 5.41) is 9.11. The fourth-order valence-corrected chi connectivity index (χ4v) is 3.09. The number of urea groups is 2. The molecule has 0 spiro atoms. The molecule has 1 aromatic rings. The minimum atomic E-state index is -0.191. The average Bonchev–Trinajstić information content (AvgIpc) is 3.00. The van der Waals surface area contributed by atoms with Crippen LogP contribution in [0.25, 0.3) is 0 Å². The van der Waals surface area contributed by atoms with E-state index in [0.29, 0.717) is 24.3 Å². The van der Waals surface area contributed by atoms with E-state index < -0.39 is 0 Å². The molecule has 1 unspecified atom stereocenters. The molecule has 9 heteroatoms. The van der Waals surface area contributed by atoms with E-state index in [2.05, 4.69) is 25.3 Å². The summed E-state index contributed by atoms with van der Waals surface area (Å²) in [5.41, 5.74) is 0. The monoisotopic (exact) mass is 338 g/mol. The zero-order valence-electron chi connectivity index (χ0n) is 13.3. The first kappa shape index (κ1) is 16.0. The summed E-state index contributed by atoms with van der Waals surface area (Å²) in [6.07, 6.45) is 2.89. The molecule has 2 heterocycles. The Morgan fingerprint density at radius 3 is 2.61 bits per heavy atom. The highest BCUT2D eigenvalue weighted by Gasteiger charge is 2.29. The normalized spacial score (nSPS) is 20.7. The van der Waals surface area contributed by atoms with Crippen molar-refractivity contribution in [2.75, 3.05) is 18.4 Å². The maximum Gasteiger partial charge on any atom is 0.323 e. The summed E-state index contributed by atoms with van der Waals surface area (Å²) in [6.45, 7) is 5.16. The van der Waals surface area contributed by atoms with Gasteiger partial charge in [-0.3, -0.25) is 5.32 Å². The second-order valence-corrected chi connectivity index (χ2v) is 7.12. The second kappa shape index (κ2) is 6.69. The third kappa shape index (κ3) is 4.31.